The molecular weight excluding hydrogens is 390 g/mol. The van der Waals surface area contributed by atoms with Crippen LogP contribution in [0, 0.1) is 0 Å². The van der Waals surface area contributed by atoms with Gasteiger partial charge in [0.1, 0.15) is 6.10 Å². The van der Waals surface area contributed by atoms with Crippen LogP contribution in [0.5, 0.6) is 5.88 Å². The predicted octanol–water partition coefficient (Wildman–Crippen LogP) is 3.94. The van der Waals surface area contributed by atoms with Crippen LogP contribution in [0.15, 0.2) is 42.6 Å². The van der Waals surface area contributed by atoms with Gasteiger partial charge in [0.2, 0.25) is 5.88 Å². The number of carbonyl (C=O) groups is 1. The number of rotatable bonds is 7. The van der Waals surface area contributed by atoms with Gasteiger partial charge in [0.25, 0.3) is 5.91 Å². The van der Waals surface area contributed by atoms with Gasteiger partial charge >= 0.3 is 0 Å². The quantitative estimate of drug-likeness (QED) is 0.731. The van der Waals surface area contributed by atoms with E-state index in [2.05, 4.69) is 29.0 Å². The Morgan fingerprint density at radius 3 is 2.52 bits per heavy atom. The molecule has 1 aliphatic heterocycles. The minimum absolute atomic E-state index is 0.0739. The summed E-state index contributed by atoms with van der Waals surface area (Å²) in [5, 5.41) is 3.00. The third-order valence-electron chi connectivity index (χ3n) is 5.96. The lowest BCUT2D eigenvalue weighted by atomic mass is 10.1. The number of hydrogen-bond donors (Lipinski definition) is 1. The third kappa shape index (κ3) is 6.28. The van der Waals surface area contributed by atoms with E-state index >= 15 is 0 Å². The first kappa shape index (κ1) is 21.8. The number of nitrogens with zero attached hydrogens (tertiary/aromatic N) is 2. The zero-order valence-corrected chi connectivity index (χ0v) is 18.5. The Morgan fingerprint density at radius 2 is 1.81 bits per heavy atom. The molecule has 2 aliphatic rings. The van der Waals surface area contributed by atoms with E-state index in [4.69, 9.17) is 9.47 Å². The molecule has 1 N–H and O–H groups in total. The van der Waals surface area contributed by atoms with E-state index in [-0.39, 0.29) is 24.2 Å². The van der Waals surface area contributed by atoms with Crippen LogP contribution >= 0.6 is 0 Å². The van der Waals surface area contributed by atoms with Crippen LogP contribution in [0.3, 0.4) is 0 Å². The minimum Gasteiger partial charge on any atom is -0.474 e. The highest BCUT2D eigenvalue weighted by Crippen LogP contribution is 2.23. The summed E-state index contributed by atoms with van der Waals surface area (Å²) in [6.45, 7) is 7.43. The molecule has 6 nitrogen and oxygen atoms in total. The van der Waals surface area contributed by atoms with Crippen molar-refractivity contribution in [1.29, 1.82) is 0 Å². The van der Waals surface area contributed by atoms with Crippen LogP contribution in [0.25, 0.3) is 0 Å². The Labute approximate surface area is 185 Å². The van der Waals surface area contributed by atoms with Gasteiger partial charge in [-0.15, -0.1) is 0 Å². The zero-order chi connectivity index (χ0) is 21.6. The van der Waals surface area contributed by atoms with Crippen molar-refractivity contribution < 1.29 is 14.3 Å². The molecule has 1 aromatic heterocycles. The smallest absolute Gasteiger partial charge is 0.251 e. The van der Waals surface area contributed by atoms with E-state index in [0.29, 0.717) is 18.0 Å². The van der Waals surface area contributed by atoms with Crippen molar-refractivity contribution in [2.24, 2.45) is 0 Å². The highest BCUT2D eigenvalue weighted by molar-refractivity contribution is 5.94. The van der Waals surface area contributed by atoms with Gasteiger partial charge in [0.05, 0.1) is 12.2 Å². The lowest BCUT2D eigenvalue weighted by molar-refractivity contribution is -0.0704. The van der Waals surface area contributed by atoms with Gasteiger partial charge < -0.3 is 14.8 Å². The molecule has 0 unspecified atom stereocenters. The molecule has 1 amide bonds. The second kappa shape index (κ2) is 10.2. The Morgan fingerprint density at radius 1 is 1.10 bits per heavy atom. The number of pyridine rings is 1. The predicted molar refractivity (Wildman–Crippen MR) is 120 cm³/mol. The SMILES string of the molecule is C[C@@H]1CN(Cc2ccc(C(=O)NCc3ccnc(OC4CCCC4)c3)cc2)C[C@@H](C)O1. The number of morpholine rings is 1. The minimum atomic E-state index is -0.0739. The first-order valence-corrected chi connectivity index (χ1v) is 11.4. The molecule has 6 heteroatoms. The summed E-state index contributed by atoms with van der Waals surface area (Å²) >= 11 is 0. The van der Waals surface area contributed by atoms with E-state index in [1.807, 2.05) is 36.4 Å². The second-order valence-corrected chi connectivity index (χ2v) is 8.86. The molecule has 2 atom stereocenters. The first-order valence-electron chi connectivity index (χ1n) is 11.4. The van der Waals surface area contributed by atoms with Crippen LogP contribution in [0.1, 0.15) is 61.0 Å². The van der Waals surface area contributed by atoms with Crippen LogP contribution in [0.4, 0.5) is 0 Å². The second-order valence-electron chi connectivity index (χ2n) is 8.86. The van der Waals surface area contributed by atoms with Crippen molar-refractivity contribution in [3.05, 3.63) is 59.3 Å². The molecule has 4 rings (SSSR count). The van der Waals surface area contributed by atoms with Crippen LogP contribution in [-0.4, -0.2) is 47.2 Å². The van der Waals surface area contributed by atoms with E-state index in [9.17, 15) is 4.79 Å². The van der Waals surface area contributed by atoms with Gasteiger partial charge in [-0.25, -0.2) is 4.98 Å². The molecule has 1 saturated carbocycles. The van der Waals surface area contributed by atoms with E-state index in [1.165, 1.54) is 18.4 Å². The summed E-state index contributed by atoms with van der Waals surface area (Å²) in [5.74, 6) is 0.574. The van der Waals surface area contributed by atoms with Gasteiger partial charge in [-0.05, 0) is 68.9 Å². The lowest BCUT2D eigenvalue weighted by Crippen LogP contribution is -2.44. The zero-order valence-electron chi connectivity index (χ0n) is 18.5. The van der Waals surface area contributed by atoms with Crippen LogP contribution in [0.2, 0.25) is 0 Å². The maximum Gasteiger partial charge on any atom is 0.251 e. The van der Waals surface area contributed by atoms with Gasteiger partial charge in [-0.1, -0.05) is 12.1 Å². The summed E-state index contributed by atoms with van der Waals surface area (Å²) in [4.78, 5) is 19.3. The highest BCUT2D eigenvalue weighted by atomic mass is 16.5. The summed E-state index contributed by atoms with van der Waals surface area (Å²) < 4.78 is 11.8. The number of aromatic nitrogens is 1. The Balaban J connectivity index is 1.28. The van der Waals surface area contributed by atoms with Crippen molar-refractivity contribution in [2.75, 3.05) is 13.1 Å². The fourth-order valence-electron chi connectivity index (χ4n) is 4.52. The van der Waals surface area contributed by atoms with Crippen LogP contribution < -0.4 is 10.1 Å². The molecule has 2 fully saturated rings. The van der Waals surface area contributed by atoms with Gasteiger partial charge in [0.15, 0.2) is 0 Å². The average molecular weight is 424 g/mol. The lowest BCUT2D eigenvalue weighted by Gasteiger charge is -2.35. The Bertz CT molecular complexity index is 855. The highest BCUT2D eigenvalue weighted by Gasteiger charge is 2.22. The van der Waals surface area contributed by atoms with Crippen molar-refractivity contribution in [2.45, 2.75) is 70.9 Å². The summed E-state index contributed by atoms with van der Waals surface area (Å²) in [6.07, 6.45) is 7.18. The molecule has 1 saturated heterocycles. The van der Waals surface area contributed by atoms with Crippen LogP contribution in [-0.2, 0) is 17.8 Å². The maximum atomic E-state index is 12.6. The van der Waals surface area contributed by atoms with E-state index < -0.39 is 0 Å². The molecule has 0 bridgehead atoms. The number of carbonyl (C=O) groups excluding carboxylic acids is 1. The Hall–Kier alpha value is -2.44. The monoisotopic (exact) mass is 423 g/mol. The molecule has 31 heavy (non-hydrogen) atoms. The summed E-state index contributed by atoms with van der Waals surface area (Å²) in [5.41, 5.74) is 2.87. The molecule has 0 spiro atoms. The normalized spacial score (nSPS) is 22.4. The number of ether oxygens (including phenoxy) is 2. The maximum absolute atomic E-state index is 12.6. The third-order valence-corrected chi connectivity index (χ3v) is 5.96. The Kier molecular flexibility index (Phi) is 7.20. The van der Waals surface area contributed by atoms with Crippen molar-refractivity contribution in [3.63, 3.8) is 0 Å². The largest absolute Gasteiger partial charge is 0.474 e. The molecule has 0 radical (unpaired) electrons. The molecular formula is C25H33N3O3. The summed E-state index contributed by atoms with van der Waals surface area (Å²) in [7, 11) is 0. The van der Waals surface area contributed by atoms with Gasteiger partial charge in [-0.2, -0.15) is 0 Å². The molecule has 166 valence electrons. The standard InChI is InChI=1S/C25H33N3O3/c1-18-15-28(16-19(2)30-18)17-20-7-9-22(10-8-20)25(29)27-14-21-11-12-26-24(13-21)31-23-5-3-4-6-23/h7-13,18-19,23H,3-6,14-17H2,1-2H3,(H,27,29)/t18-,19-/m1/s1. The fourth-order valence-corrected chi connectivity index (χ4v) is 4.52. The fraction of sp³-hybridized carbons (Fsp3) is 0.520. The van der Waals surface area contributed by atoms with E-state index in [0.717, 1.165) is 38.0 Å². The number of nitrogens with one attached hydrogen (secondary N) is 1. The van der Waals surface area contributed by atoms with Crippen molar-refractivity contribution in [1.82, 2.24) is 15.2 Å². The van der Waals surface area contributed by atoms with Crippen molar-refractivity contribution >= 4 is 5.91 Å². The number of amides is 1. The van der Waals surface area contributed by atoms with E-state index in [1.54, 1.807) is 6.20 Å². The molecule has 1 aliphatic carbocycles. The molecule has 1 aromatic carbocycles. The first-order chi connectivity index (χ1) is 15.0. The average Bonchev–Trinajstić information content (AvgIpc) is 3.25. The molecule has 2 aromatic rings. The molecule has 2 heterocycles. The van der Waals surface area contributed by atoms with Gasteiger partial charge in [0, 0.05) is 44.0 Å². The number of benzene rings is 1. The topological polar surface area (TPSA) is 63.7 Å². The van der Waals surface area contributed by atoms with Gasteiger partial charge in [-0.3, -0.25) is 9.69 Å². The summed E-state index contributed by atoms with van der Waals surface area (Å²) in [6, 6.07) is 11.7. The van der Waals surface area contributed by atoms with Crippen molar-refractivity contribution in [3.8, 4) is 5.88 Å². The number of hydrogen-bond acceptors (Lipinski definition) is 5.